The van der Waals surface area contributed by atoms with Crippen LogP contribution in [0.25, 0.3) is 0 Å². The normalized spacial score (nSPS) is 16.9. The smallest absolute Gasteiger partial charge is 0.254 e. The highest BCUT2D eigenvalue weighted by molar-refractivity contribution is 6.00. The van der Waals surface area contributed by atoms with Gasteiger partial charge in [-0.2, -0.15) is 0 Å². The van der Waals surface area contributed by atoms with Gasteiger partial charge in [0.05, 0.1) is 0 Å². The molecule has 1 aliphatic rings. The van der Waals surface area contributed by atoms with Crippen molar-refractivity contribution >= 4 is 23.4 Å². The number of anilines is 1. The number of nitrogens with two attached hydrogens (primary N) is 1. The maximum absolute atomic E-state index is 13.5. The summed E-state index contributed by atoms with van der Waals surface area (Å²) in [6.07, 6.45) is 3.75. The second-order valence-electron chi connectivity index (χ2n) is 12.1. The van der Waals surface area contributed by atoms with Crippen LogP contribution in [0.4, 0.5) is 10.1 Å². The molecule has 4 atom stereocenters. The number of likely N-dealkylation sites (tertiary alicyclic amines) is 1. The van der Waals surface area contributed by atoms with Gasteiger partial charge in [0.2, 0.25) is 5.91 Å². The molecular formula is C35H43FN4O3. The first kappa shape index (κ1) is 31.9. The Morgan fingerprint density at radius 1 is 0.953 bits per heavy atom. The van der Waals surface area contributed by atoms with Gasteiger partial charge in [-0.05, 0) is 86.1 Å². The molecule has 0 bridgehead atoms. The van der Waals surface area contributed by atoms with Gasteiger partial charge in [-0.3, -0.25) is 14.4 Å². The largest absolute Gasteiger partial charge is 0.347 e. The molecule has 3 amide bonds. The van der Waals surface area contributed by atoms with Gasteiger partial charge in [-0.15, -0.1) is 0 Å². The van der Waals surface area contributed by atoms with E-state index in [0.717, 1.165) is 31.4 Å². The fourth-order valence-corrected chi connectivity index (χ4v) is 5.76. The summed E-state index contributed by atoms with van der Waals surface area (Å²) in [5.41, 5.74) is 9.04. The summed E-state index contributed by atoms with van der Waals surface area (Å²) in [5.74, 6) is -0.955. The zero-order valence-electron chi connectivity index (χ0n) is 25.3. The van der Waals surface area contributed by atoms with Crippen molar-refractivity contribution in [2.24, 2.45) is 17.6 Å². The molecule has 0 radical (unpaired) electrons. The monoisotopic (exact) mass is 586 g/mol. The van der Waals surface area contributed by atoms with Crippen molar-refractivity contribution < 1.29 is 18.8 Å². The molecular weight excluding hydrogens is 543 g/mol. The summed E-state index contributed by atoms with van der Waals surface area (Å²) >= 11 is 0. The Balaban J connectivity index is 1.46. The summed E-state index contributed by atoms with van der Waals surface area (Å²) in [7, 11) is 0. The molecule has 0 saturated carbocycles. The third-order valence-corrected chi connectivity index (χ3v) is 8.07. The predicted octanol–water partition coefficient (Wildman–Crippen LogP) is 5.81. The lowest BCUT2D eigenvalue weighted by Crippen LogP contribution is -2.50. The zero-order valence-corrected chi connectivity index (χ0v) is 25.3. The molecule has 1 fully saturated rings. The van der Waals surface area contributed by atoms with Crippen LogP contribution in [0.1, 0.15) is 72.7 Å². The molecule has 0 aromatic heterocycles. The van der Waals surface area contributed by atoms with Gasteiger partial charge in [0.1, 0.15) is 5.82 Å². The zero-order chi connectivity index (χ0) is 30.9. The lowest BCUT2D eigenvalue weighted by Gasteiger charge is -2.28. The summed E-state index contributed by atoms with van der Waals surface area (Å²) < 4.78 is 13.3. The molecule has 7 nitrogen and oxygen atoms in total. The van der Waals surface area contributed by atoms with E-state index in [0.29, 0.717) is 35.6 Å². The van der Waals surface area contributed by atoms with Gasteiger partial charge >= 0.3 is 0 Å². The van der Waals surface area contributed by atoms with Gasteiger partial charge in [0.25, 0.3) is 11.8 Å². The molecule has 0 spiro atoms. The Morgan fingerprint density at radius 2 is 1.65 bits per heavy atom. The second kappa shape index (κ2) is 14.9. The Bertz CT molecular complexity index is 1380. The molecule has 8 heteroatoms. The van der Waals surface area contributed by atoms with Gasteiger partial charge in [-0.25, -0.2) is 4.39 Å². The van der Waals surface area contributed by atoms with E-state index in [1.807, 2.05) is 35.2 Å². The first-order valence-electron chi connectivity index (χ1n) is 15.2. The second-order valence-corrected chi connectivity index (χ2v) is 12.1. The molecule has 3 aromatic rings. The Hall–Kier alpha value is -4.04. The number of rotatable bonds is 12. The summed E-state index contributed by atoms with van der Waals surface area (Å²) in [6.45, 7) is 6.84. The van der Waals surface area contributed by atoms with Crippen LogP contribution in [0.3, 0.4) is 0 Å². The molecule has 1 aliphatic heterocycles. The first-order valence-corrected chi connectivity index (χ1v) is 15.2. The SMILES string of the molecule is CC(C)C[C@H]1CCCN1C(=O)c1cccc(C(=O)N[C@@H](Cc2ccccc2)[C@@H](N)C[C@@H](C)C(=O)Nc2ccc(F)cc2)c1. The number of amides is 3. The van der Waals surface area contributed by atoms with Crippen molar-refractivity contribution in [3.8, 4) is 0 Å². The summed E-state index contributed by atoms with van der Waals surface area (Å²) in [4.78, 5) is 41.8. The van der Waals surface area contributed by atoms with E-state index in [9.17, 15) is 18.8 Å². The minimum absolute atomic E-state index is 0.0451. The number of halogens is 1. The molecule has 3 aromatic carbocycles. The van der Waals surface area contributed by atoms with Crippen LogP contribution in [0.15, 0.2) is 78.9 Å². The molecule has 0 aliphatic carbocycles. The molecule has 43 heavy (non-hydrogen) atoms. The van der Waals surface area contributed by atoms with E-state index in [1.165, 1.54) is 24.3 Å². The van der Waals surface area contributed by atoms with Crippen LogP contribution < -0.4 is 16.4 Å². The maximum Gasteiger partial charge on any atom is 0.254 e. The topological polar surface area (TPSA) is 105 Å². The molecule has 4 N–H and O–H groups in total. The fraction of sp³-hybridized carbons (Fsp3) is 0.400. The lowest BCUT2D eigenvalue weighted by atomic mass is 9.91. The minimum atomic E-state index is -0.538. The number of nitrogens with one attached hydrogen (secondary N) is 2. The first-order chi connectivity index (χ1) is 20.6. The van der Waals surface area contributed by atoms with Crippen LogP contribution in [-0.2, 0) is 11.2 Å². The molecule has 1 saturated heterocycles. The van der Waals surface area contributed by atoms with Gasteiger partial charge in [0, 0.05) is 47.4 Å². The number of benzene rings is 3. The number of hydrogen-bond acceptors (Lipinski definition) is 4. The van der Waals surface area contributed by atoms with Crippen molar-refractivity contribution in [2.75, 3.05) is 11.9 Å². The lowest BCUT2D eigenvalue weighted by molar-refractivity contribution is -0.119. The Morgan fingerprint density at radius 3 is 2.35 bits per heavy atom. The standard InChI is InChI=1S/C35H43FN4O3/c1-23(2)19-30-13-8-18-40(30)35(43)27-12-7-11-26(22-27)34(42)39-32(21-25-9-5-4-6-10-25)31(37)20-24(3)33(41)38-29-16-14-28(36)15-17-29/h4-7,9-12,14-17,22-24,30-32H,8,13,18-21,37H2,1-3H3,(H,38,41)(H,39,42)/t24-,30-,31+,32+/m1/s1. The van der Waals surface area contributed by atoms with E-state index in [4.69, 9.17) is 5.73 Å². The minimum Gasteiger partial charge on any atom is -0.347 e. The van der Waals surface area contributed by atoms with E-state index in [2.05, 4.69) is 24.5 Å². The van der Waals surface area contributed by atoms with Crippen molar-refractivity contribution in [2.45, 2.75) is 71.0 Å². The number of nitrogens with zero attached hydrogens (tertiary/aromatic N) is 1. The number of carbonyl (C=O) groups is 3. The fourth-order valence-electron chi connectivity index (χ4n) is 5.76. The number of carbonyl (C=O) groups excluding carboxylic acids is 3. The van der Waals surface area contributed by atoms with Crippen molar-refractivity contribution in [1.82, 2.24) is 10.2 Å². The van der Waals surface area contributed by atoms with Gasteiger partial charge in [0.15, 0.2) is 0 Å². The van der Waals surface area contributed by atoms with Gasteiger partial charge in [-0.1, -0.05) is 57.2 Å². The van der Waals surface area contributed by atoms with E-state index in [-0.39, 0.29) is 29.6 Å². The molecule has 228 valence electrons. The predicted molar refractivity (Wildman–Crippen MR) is 168 cm³/mol. The molecule has 1 heterocycles. The average molecular weight is 587 g/mol. The summed E-state index contributed by atoms with van der Waals surface area (Å²) in [6, 6.07) is 21.4. The van der Waals surface area contributed by atoms with Gasteiger partial charge < -0.3 is 21.3 Å². The van der Waals surface area contributed by atoms with Crippen molar-refractivity contribution in [1.29, 1.82) is 0 Å². The highest BCUT2D eigenvalue weighted by Gasteiger charge is 2.30. The highest BCUT2D eigenvalue weighted by Crippen LogP contribution is 2.25. The van der Waals surface area contributed by atoms with Crippen molar-refractivity contribution in [3.05, 3.63) is 101 Å². The number of hydrogen-bond donors (Lipinski definition) is 3. The quantitative estimate of drug-likeness (QED) is 0.249. The van der Waals surface area contributed by atoms with Crippen LogP contribution in [-0.4, -0.2) is 47.3 Å². The van der Waals surface area contributed by atoms with E-state index in [1.54, 1.807) is 31.2 Å². The van der Waals surface area contributed by atoms with Crippen LogP contribution >= 0.6 is 0 Å². The summed E-state index contributed by atoms with van der Waals surface area (Å²) in [5, 5.41) is 5.89. The third kappa shape index (κ3) is 8.97. The van der Waals surface area contributed by atoms with E-state index >= 15 is 0 Å². The van der Waals surface area contributed by atoms with E-state index < -0.39 is 18.0 Å². The average Bonchev–Trinajstić information content (AvgIpc) is 3.45. The van der Waals surface area contributed by atoms with Crippen molar-refractivity contribution in [3.63, 3.8) is 0 Å². The molecule has 0 unspecified atom stereocenters. The Labute approximate surface area is 254 Å². The third-order valence-electron chi connectivity index (χ3n) is 8.07. The maximum atomic E-state index is 13.5. The van der Waals surface area contributed by atoms with Crippen LogP contribution in [0, 0.1) is 17.7 Å². The van der Waals surface area contributed by atoms with Crippen LogP contribution in [0.5, 0.6) is 0 Å². The highest BCUT2D eigenvalue weighted by atomic mass is 19.1. The molecule has 4 rings (SSSR count). The van der Waals surface area contributed by atoms with Crippen LogP contribution in [0.2, 0.25) is 0 Å². The Kier molecular flexibility index (Phi) is 11.1.